The Morgan fingerprint density at radius 2 is 1.87 bits per heavy atom. The highest BCUT2D eigenvalue weighted by atomic mass is 127. The van der Waals surface area contributed by atoms with Crippen molar-refractivity contribution >= 4 is 44.2 Å². The van der Waals surface area contributed by atoms with Crippen LogP contribution in [0.4, 0.5) is 5.69 Å². The number of hydrogen-bond donors (Lipinski definition) is 2. The van der Waals surface area contributed by atoms with Crippen LogP contribution in [0.1, 0.15) is 23.3 Å². The van der Waals surface area contributed by atoms with Gasteiger partial charge in [-0.25, -0.2) is 8.42 Å². The van der Waals surface area contributed by atoms with E-state index in [1.165, 1.54) is 16.4 Å². The van der Waals surface area contributed by atoms with Gasteiger partial charge in [0, 0.05) is 18.8 Å². The Hall–Kier alpha value is -1.46. The molecule has 9 heteroatoms. The van der Waals surface area contributed by atoms with Gasteiger partial charge in [-0.05, 0) is 59.7 Å². The molecule has 1 aromatic carbocycles. The molecule has 0 bridgehead atoms. The molecule has 0 atom stereocenters. The summed E-state index contributed by atoms with van der Waals surface area (Å²) in [6.45, 7) is 1.14. The topological polar surface area (TPSA) is 95.2 Å². The number of halogens is 1. The van der Waals surface area contributed by atoms with E-state index in [1.54, 1.807) is 18.3 Å². The zero-order valence-electron chi connectivity index (χ0n) is 12.1. The minimum atomic E-state index is -3.43. The molecule has 2 heterocycles. The molecule has 23 heavy (non-hydrogen) atoms. The van der Waals surface area contributed by atoms with Gasteiger partial charge in [0.15, 0.2) is 0 Å². The summed E-state index contributed by atoms with van der Waals surface area (Å²) in [5, 5.41) is 9.13. The Kier molecular flexibility index (Phi) is 4.69. The van der Waals surface area contributed by atoms with Crippen LogP contribution < -0.4 is 5.32 Å². The highest BCUT2D eigenvalue weighted by molar-refractivity contribution is 14.1. The van der Waals surface area contributed by atoms with Crippen LogP contribution in [-0.2, 0) is 10.0 Å². The molecule has 0 aliphatic carbocycles. The summed E-state index contributed by atoms with van der Waals surface area (Å²) < 4.78 is 27.1. The molecule has 0 saturated carbocycles. The van der Waals surface area contributed by atoms with E-state index in [0.29, 0.717) is 28.0 Å². The van der Waals surface area contributed by atoms with Gasteiger partial charge in [-0.3, -0.25) is 9.89 Å². The van der Waals surface area contributed by atoms with Crippen LogP contribution in [0.25, 0.3) is 0 Å². The molecule has 2 aromatic rings. The normalized spacial score (nSPS) is 15.7. The first-order chi connectivity index (χ1) is 11.0. The SMILES string of the molecule is O=C(Nc1ccc(S(=O)(=O)N2CCCC2)cc1)c1[nH]ncc1I. The molecule has 1 fully saturated rings. The molecule has 0 unspecified atom stereocenters. The van der Waals surface area contributed by atoms with Crippen molar-refractivity contribution in [2.75, 3.05) is 18.4 Å². The Labute approximate surface area is 147 Å². The lowest BCUT2D eigenvalue weighted by Gasteiger charge is -2.15. The number of nitrogens with zero attached hydrogens (tertiary/aromatic N) is 2. The van der Waals surface area contributed by atoms with Crippen LogP contribution in [0, 0.1) is 3.57 Å². The van der Waals surface area contributed by atoms with Crippen LogP contribution in [0.2, 0.25) is 0 Å². The maximum absolute atomic E-state index is 12.4. The van der Waals surface area contributed by atoms with Crippen molar-refractivity contribution in [3.63, 3.8) is 0 Å². The summed E-state index contributed by atoms with van der Waals surface area (Å²) in [5.74, 6) is -0.318. The third-order valence-corrected chi connectivity index (χ3v) is 6.37. The van der Waals surface area contributed by atoms with Crippen LogP contribution in [0.15, 0.2) is 35.4 Å². The Morgan fingerprint density at radius 3 is 2.43 bits per heavy atom. The summed E-state index contributed by atoms with van der Waals surface area (Å²) in [5.41, 5.74) is 0.903. The second-order valence-electron chi connectivity index (χ2n) is 5.18. The van der Waals surface area contributed by atoms with Gasteiger partial charge in [-0.1, -0.05) is 0 Å². The fourth-order valence-corrected chi connectivity index (χ4v) is 4.43. The first-order valence-electron chi connectivity index (χ1n) is 7.09. The number of aromatic amines is 1. The number of nitrogens with one attached hydrogen (secondary N) is 2. The maximum Gasteiger partial charge on any atom is 0.274 e. The van der Waals surface area contributed by atoms with Crippen LogP contribution in [0.3, 0.4) is 0 Å². The third-order valence-electron chi connectivity index (χ3n) is 3.64. The van der Waals surface area contributed by atoms with Crippen molar-refractivity contribution in [3.05, 3.63) is 39.7 Å². The third kappa shape index (κ3) is 3.40. The summed E-state index contributed by atoms with van der Waals surface area (Å²) in [4.78, 5) is 12.3. The fourth-order valence-electron chi connectivity index (χ4n) is 2.41. The van der Waals surface area contributed by atoms with E-state index >= 15 is 0 Å². The van der Waals surface area contributed by atoms with E-state index in [9.17, 15) is 13.2 Å². The number of carbonyl (C=O) groups is 1. The number of rotatable bonds is 4. The van der Waals surface area contributed by atoms with Gasteiger partial charge < -0.3 is 5.32 Å². The lowest BCUT2D eigenvalue weighted by molar-refractivity contribution is 0.102. The summed E-state index contributed by atoms with van der Waals surface area (Å²) >= 11 is 2.01. The average Bonchev–Trinajstić information content (AvgIpc) is 3.19. The first-order valence-corrected chi connectivity index (χ1v) is 9.61. The molecular weight excluding hydrogens is 431 g/mol. The van der Waals surface area contributed by atoms with E-state index in [1.807, 2.05) is 22.6 Å². The number of hydrogen-bond acceptors (Lipinski definition) is 4. The van der Waals surface area contributed by atoms with E-state index in [0.717, 1.165) is 12.8 Å². The number of carbonyl (C=O) groups excluding carboxylic acids is 1. The predicted octanol–water partition coefficient (Wildman–Crippen LogP) is 2.05. The van der Waals surface area contributed by atoms with E-state index in [4.69, 9.17) is 0 Å². The molecule has 1 saturated heterocycles. The smallest absolute Gasteiger partial charge is 0.274 e. The molecule has 1 amide bonds. The molecular formula is C14H15IN4O3S. The number of benzene rings is 1. The number of sulfonamides is 1. The van der Waals surface area contributed by atoms with Crippen LogP contribution >= 0.6 is 22.6 Å². The zero-order valence-corrected chi connectivity index (χ0v) is 15.1. The van der Waals surface area contributed by atoms with Crippen LogP contribution in [0.5, 0.6) is 0 Å². The average molecular weight is 446 g/mol. The first kappa shape index (κ1) is 16.4. The van der Waals surface area contributed by atoms with Gasteiger partial charge in [-0.2, -0.15) is 9.40 Å². The minimum absolute atomic E-state index is 0.244. The highest BCUT2D eigenvalue weighted by Crippen LogP contribution is 2.22. The molecule has 1 aromatic heterocycles. The largest absolute Gasteiger partial charge is 0.321 e. The van der Waals surface area contributed by atoms with Crippen molar-refractivity contribution in [2.45, 2.75) is 17.7 Å². The standard InChI is InChI=1S/C14H15IN4O3S/c15-12-9-16-18-13(12)14(20)17-10-3-5-11(6-4-10)23(21,22)19-7-1-2-8-19/h3-6,9H,1-2,7-8H2,(H,16,18)(H,17,20). The fraction of sp³-hybridized carbons (Fsp3) is 0.286. The van der Waals surface area contributed by atoms with E-state index in [2.05, 4.69) is 15.5 Å². The number of aromatic nitrogens is 2. The maximum atomic E-state index is 12.4. The molecule has 7 nitrogen and oxygen atoms in total. The van der Waals surface area contributed by atoms with Gasteiger partial charge in [0.25, 0.3) is 5.91 Å². The van der Waals surface area contributed by atoms with Gasteiger partial charge in [0.1, 0.15) is 5.69 Å². The Bertz CT molecular complexity index is 811. The molecule has 0 radical (unpaired) electrons. The molecule has 3 rings (SSSR count). The second kappa shape index (κ2) is 6.57. The molecule has 0 spiro atoms. The predicted molar refractivity (Wildman–Crippen MR) is 93.7 cm³/mol. The second-order valence-corrected chi connectivity index (χ2v) is 8.28. The van der Waals surface area contributed by atoms with Gasteiger partial charge >= 0.3 is 0 Å². The molecule has 2 N–H and O–H groups in total. The van der Waals surface area contributed by atoms with Gasteiger partial charge in [-0.15, -0.1) is 0 Å². The Balaban J connectivity index is 1.75. The molecule has 122 valence electrons. The quantitative estimate of drug-likeness (QED) is 0.703. The van der Waals surface area contributed by atoms with Gasteiger partial charge in [0.2, 0.25) is 10.0 Å². The molecule has 1 aliphatic heterocycles. The zero-order chi connectivity index (χ0) is 16.4. The van der Waals surface area contributed by atoms with Crippen LogP contribution in [-0.4, -0.2) is 41.9 Å². The number of anilines is 1. The summed E-state index contributed by atoms with van der Waals surface area (Å²) in [6.07, 6.45) is 3.35. The van der Waals surface area contributed by atoms with Crippen molar-refractivity contribution < 1.29 is 13.2 Å². The van der Waals surface area contributed by atoms with Gasteiger partial charge in [0.05, 0.1) is 14.7 Å². The lowest BCUT2D eigenvalue weighted by Crippen LogP contribution is -2.27. The van der Waals surface area contributed by atoms with Crippen molar-refractivity contribution in [1.29, 1.82) is 0 Å². The van der Waals surface area contributed by atoms with Crippen molar-refractivity contribution in [1.82, 2.24) is 14.5 Å². The van der Waals surface area contributed by atoms with E-state index < -0.39 is 10.0 Å². The summed E-state index contributed by atoms with van der Waals surface area (Å²) in [7, 11) is -3.43. The van der Waals surface area contributed by atoms with E-state index in [-0.39, 0.29) is 10.8 Å². The minimum Gasteiger partial charge on any atom is -0.321 e. The van der Waals surface area contributed by atoms with Crippen molar-refractivity contribution in [2.24, 2.45) is 0 Å². The monoisotopic (exact) mass is 446 g/mol. The Morgan fingerprint density at radius 1 is 1.22 bits per heavy atom. The summed E-state index contributed by atoms with van der Waals surface area (Å²) in [6, 6.07) is 6.20. The highest BCUT2D eigenvalue weighted by Gasteiger charge is 2.27. The van der Waals surface area contributed by atoms with Crippen molar-refractivity contribution in [3.8, 4) is 0 Å². The molecule has 1 aliphatic rings. The lowest BCUT2D eigenvalue weighted by atomic mass is 10.3. The number of H-pyrrole nitrogens is 1. The number of amides is 1.